The fourth-order valence-electron chi connectivity index (χ4n) is 6.56. The highest BCUT2D eigenvalue weighted by atomic mass is 79.9. The van der Waals surface area contributed by atoms with Gasteiger partial charge in [-0.25, -0.2) is 0 Å². The number of hydrogen-bond donors (Lipinski definition) is 2. The Balaban J connectivity index is 2.08. The quantitative estimate of drug-likeness (QED) is 0.183. The molecule has 0 bridgehead atoms. The van der Waals surface area contributed by atoms with Gasteiger partial charge < -0.3 is 19.6 Å². The lowest BCUT2D eigenvalue weighted by Crippen LogP contribution is -2.50. The van der Waals surface area contributed by atoms with Crippen molar-refractivity contribution in [1.29, 1.82) is 0 Å². The van der Waals surface area contributed by atoms with E-state index in [1.165, 1.54) is 0 Å². The number of benzene rings is 2. The Bertz CT molecular complexity index is 1160. The molecular formula is C33H46BrNO5Si. The predicted octanol–water partition coefficient (Wildman–Crippen LogP) is 7.69. The second-order valence-electron chi connectivity index (χ2n) is 11.9. The summed E-state index contributed by atoms with van der Waals surface area (Å²) in [6, 6.07) is 17.0. The van der Waals surface area contributed by atoms with Gasteiger partial charge in [0, 0.05) is 23.4 Å². The number of ether oxygens (including phenoxy) is 1. The van der Waals surface area contributed by atoms with Crippen molar-refractivity contribution in [3.8, 4) is 0 Å². The number of allylic oxidation sites excluding steroid dienone is 1. The molecule has 41 heavy (non-hydrogen) atoms. The van der Waals surface area contributed by atoms with Crippen molar-refractivity contribution in [3.63, 3.8) is 0 Å². The third kappa shape index (κ3) is 7.70. The third-order valence-corrected chi connectivity index (χ3v) is 15.0. The van der Waals surface area contributed by atoms with Crippen LogP contribution in [-0.2, 0) is 25.3 Å². The van der Waals surface area contributed by atoms with Crippen LogP contribution in [0.1, 0.15) is 72.1 Å². The highest BCUT2D eigenvalue weighted by molar-refractivity contribution is 9.10. The number of esters is 1. The van der Waals surface area contributed by atoms with Gasteiger partial charge in [-0.15, -0.1) is 0 Å². The first-order chi connectivity index (χ1) is 19.4. The van der Waals surface area contributed by atoms with Crippen LogP contribution in [0.2, 0.25) is 16.6 Å². The first-order valence-corrected chi connectivity index (χ1v) is 17.7. The fraction of sp³-hybridized carbons (Fsp3) is 0.515. The number of rotatable bonds is 12. The molecule has 0 unspecified atom stereocenters. The first-order valence-electron chi connectivity index (χ1n) is 14.7. The summed E-state index contributed by atoms with van der Waals surface area (Å²) in [4.78, 5) is 27.4. The van der Waals surface area contributed by atoms with E-state index in [-0.39, 0.29) is 18.9 Å². The number of carbonyl (C=O) groups excluding carboxylic acids is 2. The summed E-state index contributed by atoms with van der Waals surface area (Å²) >= 11 is 3.44. The number of aliphatic hydroxyl groups is 1. The zero-order chi connectivity index (χ0) is 30.3. The molecule has 0 saturated heterocycles. The smallest absolute Gasteiger partial charge is 0.310 e. The van der Waals surface area contributed by atoms with Gasteiger partial charge in [-0.05, 0) is 52.9 Å². The van der Waals surface area contributed by atoms with Crippen LogP contribution in [0, 0.1) is 17.8 Å². The number of amides is 1. The zero-order valence-electron chi connectivity index (χ0n) is 25.4. The van der Waals surface area contributed by atoms with Crippen molar-refractivity contribution >= 4 is 36.1 Å². The molecule has 0 radical (unpaired) electrons. The molecule has 0 fully saturated rings. The van der Waals surface area contributed by atoms with Gasteiger partial charge in [0.15, 0.2) is 0 Å². The highest BCUT2D eigenvalue weighted by Crippen LogP contribution is 2.48. The molecular weight excluding hydrogens is 598 g/mol. The van der Waals surface area contributed by atoms with E-state index in [1.54, 1.807) is 6.92 Å². The van der Waals surface area contributed by atoms with Crippen molar-refractivity contribution in [2.24, 2.45) is 17.8 Å². The summed E-state index contributed by atoms with van der Waals surface area (Å²) in [7, 11) is -2.36. The van der Waals surface area contributed by atoms with Crippen molar-refractivity contribution in [1.82, 2.24) is 5.32 Å². The second-order valence-corrected chi connectivity index (χ2v) is 18.2. The van der Waals surface area contributed by atoms with Crippen LogP contribution in [0.15, 0.2) is 70.9 Å². The number of halogens is 1. The maximum absolute atomic E-state index is 13.9. The summed E-state index contributed by atoms with van der Waals surface area (Å²) < 4.78 is 13.5. The Labute approximate surface area is 255 Å². The maximum atomic E-state index is 13.9. The topological polar surface area (TPSA) is 84.9 Å². The molecule has 2 N–H and O–H groups in total. The molecule has 8 heteroatoms. The molecule has 0 saturated carbocycles. The molecule has 0 aromatic heterocycles. The SMILES string of the molecule is CCOC(=O)[C@H]1CC(O[Si](C(C)C)(C(C)C)C(C)C)=C[C@@H]([C@H](O)c2ccccc2)[C@@H]1C(=O)NCc1ccc(Br)cc1. The van der Waals surface area contributed by atoms with Crippen LogP contribution in [-0.4, -0.2) is 31.9 Å². The summed E-state index contributed by atoms with van der Waals surface area (Å²) in [5, 5.41) is 14.8. The Morgan fingerprint density at radius 3 is 2.10 bits per heavy atom. The lowest BCUT2D eigenvalue weighted by Gasteiger charge is -2.45. The number of aliphatic hydroxyl groups excluding tert-OH is 1. The van der Waals surface area contributed by atoms with Crippen LogP contribution in [0.25, 0.3) is 0 Å². The molecule has 4 atom stereocenters. The van der Waals surface area contributed by atoms with Crippen LogP contribution < -0.4 is 5.32 Å². The standard InChI is InChI=1S/C33H46BrNO5Si/c1-8-39-33(38)29-19-27(40-41(21(2)3,22(4)5)23(6)7)18-28(31(36)25-12-10-9-11-13-25)30(29)32(37)35-20-24-14-16-26(34)17-15-24/h9-18,21-23,28-31,36H,8,19-20H2,1-7H3,(H,35,37)/t28-,29+,30+,31-/m1/s1. The van der Waals surface area contributed by atoms with Gasteiger partial charge in [0.05, 0.1) is 30.3 Å². The second kappa shape index (κ2) is 14.7. The van der Waals surface area contributed by atoms with Gasteiger partial charge >= 0.3 is 5.97 Å². The Hall–Kier alpha value is -2.42. The Kier molecular flexibility index (Phi) is 11.8. The van der Waals surface area contributed by atoms with Crippen molar-refractivity contribution < 1.29 is 23.9 Å². The van der Waals surface area contributed by atoms with E-state index in [4.69, 9.17) is 9.16 Å². The first kappa shape index (κ1) is 33.1. The van der Waals surface area contributed by atoms with Crippen molar-refractivity contribution in [3.05, 3.63) is 82.0 Å². The van der Waals surface area contributed by atoms with E-state index in [1.807, 2.05) is 60.7 Å². The molecule has 224 valence electrons. The summed E-state index contributed by atoms with van der Waals surface area (Å²) in [5.74, 6) is -2.36. The molecule has 1 aliphatic rings. The van der Waals surface area contributed by atoms with E-state index in [9.17, 15) is 14.7 Å². The van der Waals surface area contributed by atoms with E-state index >= 15 is 0 Å². The monoisotopic (exact) mass is 643 g/mol. The summed E-state index contributed by atoms with van der Waals surface area (Å²) in [6.07, 6.45) is 1.17. The van der Waals surface area contributed by atoms with Gasteiger partial charge in [0.2, 0.25) is 5.91 Å². The molecule has 0 heterocycles. The van der Waals surface area contributed by atoms with Gasteiger partial charge in [-0.1, -0.05) is 99.9 Å². The van der Waals surface area contributed by atoms with Gasteiger partial charge in [0.25, 0.3) is 8.32 Å². The lowest BCUT2D eigenvalue weighted by atomic mass is 9.71. The lowest BCUT2D eigenvalue weighted by molar-refractivity contribution is -0.155. The van der Waals surface area contributed by atoms with E-state index in [0.29, 0.717) is 34.5 Å². The van der Waals surface area contributed by atoms with Crippen LogP contribution in [0.3, 0.4) is 0 Å². The van der Waals surface area contributed by atoms with Crippen molar-refractivity contribution in [2.75, 3.05) is 6.61 Å². The van der Waals surface area contributed by atoms with Crippen LogP contribution in [0.5, 0.6) is 0 Å². The average Bonchev–Trinajstić information content (AvgIpc) is 2.94. The zero-order valence-corrected chi connectivity index (χ0v) is 28.0. The fourth-order valence-corrected chi connectivity index (χ4v) is 12.1. The molecule has 6 nitrogen and oxygen atoms in total. The van der Waals surface area contributed by atoms with Gasteiger partial charge in [-0.3, -0.25) is 9.59 Å². The molecule has 0 aliphatic heterocycles. The largest absolute Gasteiger partial charge is 0.546 e. The maximum Gasteiger partial charge on any atom is 0.310 e. The molecule has 1 amide bonds. The minimum Gasteiger partial charge on any atom is -0.546 e. The minimum absolute atomic E-state index is 0.205. The van der Waals surface area contributed by atoms with E-state index < -0.39 is 38.1 Å². The van der Waals surface area contributed by atoms with Crippen LogP contribution in [0.4, 0.5) is 0 Å². The summed E-state index contributed by atoms with van der Waals surface area (Å²) in [6.45, 7) is 15.6. The molecule has 2 aromatic rings. The highest BCUT2D eigenvalue weighted by Gasteiger charge is 2.51. The number of hydrogen-bond acceptors (Lipinski definition) is 5. The normalized spacial score (nSPS) is 20.1. The Morgan fingerprint density at radius 1 is 0.976 bits per heavy atom. The molecule has 2 aromatic carbocycles. The van der Waals surface area contributed by atoms with Crippen LogP contribution >= 0.6 is 15.9 Å². The molecule has 1 aliphatic carbocycles. The Morgan fingerprint density at radius 2 is 1.56 bits per heavy atom. The number of carbonyl (C=O) groups is 2. The number of nitrogens with one attached hydrogen (secondary N) is 1. The minimum atomic E-state index is -2.36. The average molecular weight is 645 g/mol. The van der Waals surface area contributed by atoms with Gasteiger partial charge in [0.1, 0.15) is 0 Å². The third-order valence-electron chi connectivity index (χ3n) is 8.44. The van der Waals surface area contributed by atoms with Crippen molar-refractivity contribution in [2.45, 2.75) is 84.2 Å². The van der Waals surface area contributed by atoms with E-state index in [2.05, 4.69) is 62.8 Å². The van der Waals surface area contributed by atoms with E-state index in [0.717, 1.165) is 10.0 Å². The summed E-state index contributed by atoms with van der Waals surface area (Å²) in [5.41, 5.74) is 2.60. The molecule has 3 rings (SSSR count). The van der Waals surface area contributed by atoms with Gasteiger partial charge in [-0.2, -0.15) is 0 Å². The predicted molar refractivity (Wildman–Crippen MR) is 169 cm³/mol. The molecule has 0 spiro atoms.